The molecule has 0 saturated heterocycles. The average molecular weight is 124 g/mol. The van der Waals surface area contributed by atoms with Gasteiger partial charge in [0.1, 0.15) is 0 Å². The number of pyridine rings is 1. The van der Waals surface area contributed by atoms with Crippen molar-refractivity contribution in [3.05, 3.63) is 24.5 Å². The highest BCUT2D eigenvalue weighted by molar-refractivity contribution is 5.43. The molecule has 0 spiro atoms. The number of ether oxygens (including phenoxy) is 1. The van der Waals surface area contributed by atoms with Crippen molar-refractivity contribution in [1.29, 1.82) is 0 Å². The molecule has 1 aromatic rings. The van der Waals surface area contributed by atoms with Crippen LogP contribution in [0.15, 0.2) is 24.5 Å². The Hall–Kier alpha value is -1.38. The number of H-pyrrole nitrogens is 1. The van der Waals surface area contributed by atoms with Gasteiger partial charge in [0.15, 0.2) is 11.9 Å². The summed E-state index contributed by atoms with van der Waals surface area (Å²) in [5.41, 5.74) is 0. The highest BCUT2D eigenvalue weighted by atomic mass is 16.5. The molecule has 1 rings (SSSR count). The van der Waals surface area contributed by atoms with Gasteiger partial charge in [0.05, 0.1) is 0 Å². The topological polar surface area (TPSA) is 40.4 Å². The van der Waals surface area contributed by atoms with E-state index in [1.54, 1.807) is 24.5 Å². The van der Waals surface area contributed by atoms with Gasteiger partial charge in [-0.25, -0.2) is 4.98 Å². The van der Waals surface area contributed by atoms with Crippen molar-refractivity contribution < 1.29 is 14.5 Å². The van der Waals surface area contributed by atoms with E-state index in [2.05, 4.69) is 9.72 Å². The van der Waals surface area contributed by atoms with Gasteiger partial charge in [0.25, 0.3) is 6.47 Å². The lowest BCUT2D eigenvalue weighted by molar-refractivity contribution is -0.378. The van der Waals surface area contributed by atoms with E-state index in [0.29, 0.717) is 12.2 Å². The summed E-state index contributed by atoms with van der Waals surface area (Å²) in [6.45, 7) is 0.392. The summed E-state index contributed by atoms with van der Waals surface area (Å²) >= 11 is 0. The van der Waals surface area contributed by atoms with E-state index in [0.717, 1.165) is 0 Å². The summed E-state index contributed by atoms with van der Waals surface area (Å²) in [7, 11) is 0. The molecule has 0 aliphatic carbocycles. The number of hydrogen-bond acceptors (Lipinski definition) is 2. The van der Waals surface area contributed by atoms with E-state index in [4.69, 9.17) is 0 Å². The van der Waals surface area contributed by atoms with Crippen molar-refractivity contribution in [3.8, 4) is 5.75 Å². The second-order valence-electron chi connectivity index (χ2n) is 1.45. The SMILES string of the molecule is O=COc1ccc[nH+]c1. The predicted molar refractivity (Wildman–Crippen MR) is 29.7 cm³/mol. The normalized spacial score (nSPS) is 8.44. The molecule has 0 bridgehead atoms. The second kappa shape index (κ2) is 2.81. The van der Waals surface area contributed by atoms with Crippen LogP contribution in [-0.2, 0) is 4.79 Å². The first-order valence-electron chi connectivity index (χ1n) is 2.50. The molecule has 3 heteroatoms. The van der Waals surface area contributed by atoms with Crippen LogP contribution in [0.2, 0.25) is 0 Å². The van der Waals surface area contributed by atoms with Crippen LogP contribution >= 0.6 is 0 Å². The van der Waals surface area contributed by atoms with Crippen molar-refractivity contribution in [2.45, 2.75) is 0 Å². The zero-order valence-corrected chi connectivity index (χ0v) is 4.70. The number of aromatic amines is 1. The Balaban J connectivity index is 2.72. The van der Waals surface area contributed by atoms with Gasteiger partial charge in [-0.1, -0.05) is 0 Å². The minimum absolute atomic E-state index is 0.392. The Labute approximate surface area is 52.3 Å². The molecule has 0 aromatic carbocycles. The zero-order chi connectivity index (χ0) is 6.53. The maximum absolute atomic E-state index is 9.74. The van der Waals surface area contributed by atoms with Crippen molar-refractivity contribution in [1.82, 2.24) is 0 Å². The molecule has 3 nitrogen and oxygen atoms in total. The number of carbonyl (C=O) groups is 1. The minimum atomic E-state index is 0.392. The van der Waals surface area contributed by atoms with E-state index in [1.807, 2.05) is 0 Å². The summed E-state index contributed by atoms with van der Waals surface area (Å²) < 4.78 is 4.49. The summed E-state index contributed by atoms with van der Waals surface area (Å²) in [5, 5.41) is 0. The van der Waals surface area contributed by atoms with E-state index >= 15 is 0 Å². The van der Waals surface area contributed by atoms with E-state index < -0.39 is 0 Å². The van der Waals surface area contributed by atoms with Crippen molar-refractivity contribution in [3.63, 3.8) is 0 Å². The number of nitrogens with one attached hydrogen (secondary N) is 1. The van der Waals surface area contributed by atoms with Crippen LogP contribution in [0.5, 0.6) is 5.75 Å². The molecule has 0 aliphatic heterocycles. The molecule has 0 fully saturated rings. The molecule has 0 aliphatic rings. The lowest BCUT2D eigenvalue weighted by atomic mass is 10.5. The second-order valence-corrected chi connectivity index (χ2v) is 1.45. The van der Waals surface area contributed by atoms with E-state index in [-0.39, 0.29) is 0 Å². The van der Waals surface area contributed by atoms with Gasteiger partial charge in [-0.05, 0) is 6.07 Å². The molecular formula is C6H6NO2+. The number of carbonyl (C=O) groups excluding carboxylic acids is 1. The molecule has 46 valence electrons. The molecular weight excluding hydrogens is 118 g/mol. The largest absolute Gasteiger partial charge is 0.422 e. The molecule has 0 saturated carbocycles. The Morgan fingerprint density at radius 3 is 3.11 bits per heavy atom. The third-order valence-corrected chi connectivity index (χ3v) is 0.863. The Morgan fingerprint density at radius 1 is 1.67 bits per heavy atom. The quantitative estimate of drug-likeness (QED) is 0.522. The highest BCUT2D eigenvalue weighted by Crippen LogP contribution is 2.01. The Bertz CT molecular complexity index is 186. The van der Waals surface area contributed by atoms with E-state index in [9.17, 15) is 4.79 Å². The number of hydrogen-bond donors (Lipinski definition) is 0. The van der Waals surface area contributed by atoms with Gasteiger partial charge in [-0.15, -0.1) is 0 Å². The number of aromatic nitrogens is 1. The molecule has 1 N–H and O–H groups in total. The predicted octanol–water partition coefficient (Wildman–Crippen LogP) is 0.0359. The average Bonchev–Trinajstić information content (AvgIpc) is 1.91. The smallest absolute Gasteiger partial charge is 0.298 e. The first-order chi connectivity index (χ1) is 4.43. The molecule has 0 radical (unpaired) electrons. The Kier molecular flexibility index (Phi) is 1.80. The molecule has 0 atom stereocenters. The third kappa shape index (κ3) is 1.53. The fraction of sp³-hybridized carbons (Fsp3) is 0. The van der Waals surface area contributed by atoms with Gasteiger partial charge in [-0.2, -0.15) is 0 Å². The first kappa shape index (κ1) is 5.75. The van der Waals surface area contributed by atoms with Crippen LogP contribution in [-0.4, -0.2) is 6.47 Å². The van der Waals surface area contributed by atoms with Gasteiger partial charge in [0.2, 0.25) is 6.20 Å². The Morgan fingerprint density at radius 2 is 2.56 bits per heavy atom. The molecule has 0 amide bonds. The molecule has 9 heavy (non-hydrogen) atoms. The van der Waals surface area contributed by atoms with Gasteiger partial charge >= 0.3 is 0 Å². The summed E-state index contributed by atoms with van der Waals surface area (Å²) in [5.74, 6) is 0.521. The standard InChI is InChI=1S/C6H5NO2/c8-5-9-6-2-1-3-7-4-6/h1-5H/p+1. The molecule has 1 aromatic heterocycles. The van der Waals surface area contributed by atoms with Crippen LogP contribution in [0, 0.1) is 0 Å². The zero-order valence-electron chi connectivity index (χ0n) is 4.70. The summed E-state index contributed by atoms with van der Waals surface area (Å²) in [4.78, 5) is 12.5. The monoisotopic (exact) mass is 124 g/mol. The summed E-state index contributed by atoms with van der Waals surface area (Å²) in [6.07, 6.45) is 3.33. The molecule has 0 unspecified atom stereocenters. The van der Waals surface area contributed by atoms with Crippen molar-refractivity contribution >= 4 is 6.47 Å². The third-order valence-electron chi connectivity index (χ3n) is 0.863. The number of rotatable bonds is 2. The fourth-order valence-corrected chi connectivity index (χ4v) is 0.506. The van der Waals surface area contributed by atoms with Crippen LogP contribution in [0.1, 0.15) is 0 Å². The van der Waals surface area contributed by atoms with Crippen LogP contribution in [0.4, 0.5) is 0 Å². The van der Waals surface area contributed by atoms with Gasteiger partial charge < -0.3 is 4.74 Å². The van der Waals surface area contributed by atoms with Gasteiger partial charge in [0, 0.05) is 6.07 Å². The van der Waals surface area contributed by atoms with E-state index in [1.165, 1.54) is 0 Å². The first-order valence-corrected chi connectivity index (χ1v) is 2.50. The van der Waals surface area contributed by atoms with Crippen molar-refractivity contribution in [2.75, 3.05) is 0 Å². The highest BCUT2D eigenvalue weighted by Gasteiger charge is 1.90. The minimum Gasteiger partial charge on any atom is -0.422 e. The lowest BCUT2D eigenvalue weighted by Gasteiger charge is -1.87. The lowest BCUT2D eigenvalue weighted by Crippen LogP contribution is -1.99. The van der Waals surface area contributed by atoms with Crippen LogP contribution < -0.4 is 9.72 Å². The maximum atomic E-state index is 9.74. The van der Waals surface area contributed by atoms with Gasteiger partial charge in [-0.3, -0.25) is 4.79 Å². The van der Waals surface area contributed by atoms with Crippen LogP contribution in [0.25, 0.3) is 0 Å². The van der Waals surface area contributed by atoms with Crippen LogP contribution in [0.3, 0.4) is 0 Å². The fourth-order valence-electron chi connectivity index (χ4n) is 0.506. The van der Waals surface area contributed by atoms with Crippen molar-refractivity contribution in [2.24, 2.45) is 0 Å². The summed E-state index contributed by atoms with van der Waals surface area (Å²) in [6, 6.07) is 3.43. The maximum Gasteiger partial charge on any atom is 0.298 e. The molecule has 1 heterocycles.